The number of nitrogens with zero attached hydrogens (tertiary/aromatic N) is 1. The molecule has 0 aromatic heterocycles. The van der Waals surface area contributed by atoms with E-state index in [4.69, 9.17) is 5.11 Å². The van der Waals surface area contributed by atoms with Crippen LogP contribution in [0.3, 0.4) is 0 Å². The summed E-state index contributed by atoms with van der Waals surface area (Å²) in [5.41, 5.74) is 0. The Hall–Kier alpha value is -1.26. The van der Waals surface area contributed by atoms with Crippen LogP contribution in [-0.4, -0.2) is 40.6 Å². The summed E-state index contributed by atoms with van der Waals surface area (Å²) in [7, 11) is 0. The minimum Gasteiger partial charge on any atom is -0.481 e. The molecule has 1 saturated heterocycles. The van der Waals surface area contributed by atoms with E-state index in [0.717, 1.165) is 19.3 Å². The maximum atomic E-state index is 12.1. The van der Waals surface area contributed by atoms with Crippen molar-refractivity contribution in [1.82, 2.24) is 10.2 Å². The van der Waals surface area contributed by atoms with Gasteiger partial charge in [-0.15, -0.1) is 0 Å². The van der Waals surface area contributed by atoms with Crippen molar-refractivity contribution in [1.29, 1.82) is 0 Å². The second kappa shape index (κ2) is 7.36. The van der Waals surface area contributed by atoms with E-state index in [9.17, 15) is 9.59 Å². The largest absolute Gasteiger partial charge is 0.481 e. The molecule has 19 heavy (non-hydrogen) atoms. The fraction of sp³-hybridized carbons (Fsp3) is 0.857. The fourth-order valence-corrected chi connectivity index (χ4v) is 2.66. The molecule has 0 aromatic carbocycles. The van der Waals surface area contributed by atoms with Gasteiger partial charge in [-0.25, -0.2) is 4.79 Å². The number of carboxylic acid groups (broad SMARTS) is 1. The number of carbonyl (C=O) groups excluding carboxylic acids is 1. The first-order valence-corrected chi connectivity index (χ1v) is 7.26. The molecule has 2 N–H and O–H groups in total. The van der Waals surface area contributed by atoms with Crippen LogP contribution in [0.1, 0.15) is 52.9 Å². The number of amides is 2. The van der Waals surface area contributed by atoms with E-state index in [1.54, 1.807) is 6.92 Å². The molecular weight excluding hydrogens is 244 g/mol. The summed E-state index contributed by atoms with van der Waals surface area (Å²) < 4.78 is 0. The highest BCUT2D eigenvalue weighted by atomic mass is 16.4. The monoisotopic (exact) mass is 270 g/mol. The lowest BCUT2D eigenvalue weighted by molar-refractivity contribution is -0.141. The van der Waals surface area contributed by atoms with Crippen LogP contribution in [0.15, 0.2) is 0 Å². The van der Waals surface area contributed by atoms with Gasteiger partial charge in [-0.3, -0.25) is 4.79 Å². The summed E-state index contributed by atoms with van der Waals surface area (Å²) in [5, 5.41) is 11.7. The zero-order valence-corrected chi connectivity index (χ0v) is 12.2. The van der Waals surface area contributed by atoms with Gasteiger partial charge in [0.1, 0.15) is 0 Å². The van der Waals surface area contributed by atoms with Crippen LogP contribution in [0.4, 0.5) is 4.79 Å². The zero-order chi connectivity index (χ0) is 14.4. The fourth-order valence-electron chi connectivity index (χ4n) is 2.66. The molecule has 3 atom stereocenters. The number of carboxylic acids is 1. The maximum Gasteiger partial charge on any atom is 0.317 e. The van der Waals surface area contributed by atoms with E-state index in [-0.39, 0.29) is 11.9 Å². The molecule has 1 fully saturated rings. The van der Waals surface area contributed by atoms with E-state index < -0.39 is 5.97 Å². The van der Waals surface area contributed by atoms with Gasteiger partial charge in [-0.2, -0.15) is 0 Å². The molecule has 0 bridgehead atoms. The lowest BCUT2D eigenvalue weighted by atomic mass is 10.1. The highest BCUT2D eigenvalue weighted by Crippen LogP contribution is 2.25. The minimum absolute atomic E-state index is 0.000159. The van der Waals surface area contributed by atoms with Gasteiger partial charge in [-0.05, 0) is 39.0 Å². The molecule has 1 rings (SSSR count). The average Bonchev–Trinajstić information content (AvgIpc) is 2.75. The van der Waals surface area contributed by atoms with Crippen molar-refractivity contribution in [2.75, 3.05) is 6.54 Å². The number of likely N-dealkylation sites (tertiary alicyclic amines) is 1. The van der Waals surface area contributed by atoms with Crippen LogP contribution in [0.2, 0.25) is 0 Å². The molecule has 1 aliphatic rings. The molecule has 0 spiro atoms. The second-order valence-electron chi connectivity index (χ2n) is 5.51. The summed E-state index contributed by atoms with van der Waals surface area (Å²) in [6.07, 6.45) is 4.46. The highest BCUT2D eigenvalue weighted by Gasteiger charge is 2.32. The number of aliphatic carboxylic acids is 1. The number of nitrogens with one attached hydrogen (secondary N) is 1. The number of rotatable bonds is 6. The van der Waals surface area contributed by atoms with E-state index in [0.29, 0.717) is 31.5 Å². The van der Waals surface area contributed by atoms with Crippen molar-refractivity contribution < 1.29 is 14.7 Å². The highest BCUT2D eigenvalue weighted by molar-refractivity contribution is 5.75. The van der Waals surface area contributed by atoms with E-state index in [1.165, 1.54) is 0 Å². The molecule has 2 amide bonds. The molecule has 3 unspecified atom stereocenters. The Morgan fingerprint density at radius 2 is 2.11 bits per heavy atom. The Morgan fingerprint density at radius 3 is 2.68 bits per heavy atom. The van der Waals surface area contributed by atoms with Crippen LogP contribution in [0.25, 0.3) is 0 Å². The summed E-state index contributed by atoms with van der Waals surface area (Å²) in [6.45, 7) is 6.44. The molecular formula is C14H26N2O3. The second-order valence-corrected chi connectivity index (χ2v) is 5.51. The Bertz CT molecular complexity index is 320. The van der Waals surface area contributed by atoms with Crippen molar-refractivity contribution in [2.24, 2.45) is 5.92 Å². The molecule has 1 heterocycles. The predicted molar refractivity (Wildman–Crippen MR) is 74.0 cm³/mol. The van der Waals surface area contributed by atoms with Crippen LogP contribution >= 0.6 is 0 Å². The Labute approximate surface area is 115 Å². The summed E-state index contributed by atoms with van der Waals surface area (Å²) in [4.78, 5) is 24.7. The normalized spacial score (nSPS) is 24.3. The molecule has 110 valence electrons. The molecule has 0 radical (unpaired) electrons. The van der Waals surface area contributed by atoms with E-state index >= 15 is 0 Å². The lowest BCUT2D eigenvalue weighted by Gasteiger charge is -2.28. The molecule has 5 nitrogen and oxygen atoms in total. The van der Waals surface area contributed by atoms with Gasteiger partial charge < -0.3 is 15.3 Å². The first-order valence-electron chi connectivity index (χ1n) is 7.26. The molecule has 0 aromatic rings. The first-order chi connectivity index (χ1) is 8.97. The average molecular weight is 270 g/mol. The third-order valence-corrected chi connectivity index (χ3v) is 4.00. The van der Waals surface area contributed by atoms with Crippen LogP contribution < -0.4 is 5.32 Å². The number of hydrogen-bond acceptors (Lipinski definition) is 2. The topological polar surface area (TPSA) is 69.6 Å². The van der Waals surface area contributed by atoms with Gasteiger partial charge in [0.25, 0.3) is 0 Å². The zero-order valence-electron chi connectivity index (χ0n) is 12.2. The van der Waals surface area contributed by atoms with Crippen LogP contribution in [-0.2, 0) is 4.79 Å². The van der Waals surface area contributed by atoms with E-state index in [1.807, 2.05) is 4.90 Å². The van der Waals surface area contributed by atoms with Gasteiger partial charge in [0.05, 0.1) is 5.92 Å². The van der Waals surface area contributed by atoms with Gasteiger partial charge in [-0.1, -0.05) is 13.8 Å². The van der Waals surface area contributed by atoms with Crippen molar-refractivity contribution in [3.05, 3.63) is 0 Å². The third kappa shape index (κ3) is 4.40. The Morgan fingerprint density at radius 1 is 1.42 bits per heavy atom. The van der Waals surface area contributed by atoms with E-state index in [2.05, 4.69) is 19.2 Å². The number of urea groups is 1. The van der Waals surface area contributed by atoms with Crippen molar-refractivity contribution in [3.63, 3.8) is 0 Å². The molecule has 1 aliphatic heterocycles. The molecule has 0 saturated carbocycles. The smallest absolute Gasteiger partial charge is 0.317 e. The van der Waals surface area contributed by atoms with Gasteiger partial charge in [0.15, 0.2) is 0 Å². The molecule has 5 heteroatoms. The quantitative estimate of drug-likeness (QED) is 0.728. The number of hydrogen-bond donors (Lipinski definition) is 2. The Kier molecular flexibility index (Phi) is 6.12. The lowest BCUT2D eigenvalue weighted by Crippen LogP contribution is -2.46. The van der Waals surface area contributed by atoms with Crippen molar-refractivity contribution in [3.8, 4) is 0 Å². The molecule has 0 aliphatic carbocycles. The minimum atomic E-state index is -0.773. The van der Waals surface area contributed by atoms with Crippen molar-refractivity contribution in [2.45, 2.75) is 65.0 Å². The van der Waals surface area contributed by atoms with Gasteiger partial charge >= 0.3 is 12.0 Å². The standard InChI is InChI=1S/C14H26N2O3/c1-4-12-8-7-11(3)16(12)14(19)15-9-5-6-10(2)13(17)18/h10-12H,4-9H2,1-3H3,(H,15,19)(H,17,18). The number of carbonyl (C=O) groups is 2. The Balaban J connectivity index is 2.29. The SMILES string of the molecule is CCC1CCC(C)N1C(=O)NCCCC(C)C(=O)O. The van der Waals surface area contributed by atoms with Gasteiger partial charge in [0, 0.05) is 18.6 Å². The predicted octanol–water partition coefficient (Wildman–Crippen LogP) is 2.46. The third-order valence-electron chi connectivity index (χ3n) is 4.00. The van der Waals surface area contributed by atoms with Crippen molar-refractivity contribution >= 4 is 12.0 Å². The van der Waals surface area contributed by atoms with Crippen LogP contribution in [0, 0.1) is 5.92 Å². The summed E-state index contributed by atoms with van der Waals surface area (Å²) in [5.74, 6) is -1.11. The maximum absolute atomic E-state index is 12.1. The summed E-state index contributed by atoms with van der Waals surface area (Å²) in [6, 6.07) is 0.663. The van der Waals surface area contributed by atoms with Crippen LogP contribution in [0.5, 0.6) is 0 Å². The summed E-state index contributed by atoms with van der Waals surface area (Å²) >= 11 is 0. The van der Waals surface area contributed by atoms with Gasteiger partial charge in [0.2, 0.25) is 0 Å². The first kappa shape index (κ1) is 15.8.